The quantitative estimate of drug-likeness (QED) is 0.343. The number of hydrogen-bond donors (Lipinski definition) is 2. The first-order valence-corrected chi connectivity index (χ1v) is 14.2. The predicted molar refractivity (Wildman–Crippen MR) is 149 cm³/mol. The van der Waals surface area contributed by atoms with Gasteiger partial charge in [0.2, 0.25) is 0 Å². The van der Waals surface area contributed by atoms with E-state index in [-0.39, 0.29) is 21.4 Å². The Balaban J connectivity index is 3.01. The van der Waals surface area contributed by atoms with Gasteiger partial charge in [-0.05, 0) is 0 Å². The normalized spacial score (nSPS) is 15.4. The number of rotatable bonds is 4. The molecule has 0 aliphatic heterocycles. The van der Waals surface area contributed by atoms with Crippen LogP contribution in [0, 0.1) is 0 Å². The minimum absolute atomic E-state index is 0.00691. The predicted octanol–water partition coefficient (Wildman–Crippen LogP) is 7.64. The van der Waals surface area contributed by atoms with E-state index < -0.39 is 18.2 Å². The zero-order valence-corrected chi connectivity index (χ0v) is 24.2. The molecule has 0 amide bonds. The van der Waals surface area contributed by atoms with Crippen molar-refractivity contribution in [2.75, 3.05) is 0 Å². The molecule has 34 heavy (non-hydrogen) atoms. The van der Waals surface area contributed by atoms with Crippen LogP contribution in [0.5, 0.6) is 0 Å². The van der Waals surface area contributed by atoms with Gasteiger partial charge in [0.15, 0.2) is 0 Å². The standard InChI is InChI=1S/C30H46FO2P/c1-13-18-30(11,12)24-20-22(28(5,6)7)15-17-26(24)34(31,32,33)25-16-14-21(27(2,3)4)19-23(25)29(8,9)10/h13-20,32-33H,1-12H3. The Bertz CT molecular complexity index is 1080. The molecule has 0 atom stereocenters. The van der Waals surface area contributed by atoms with Crippen LogP contribution in [0.1, 0.15) is 105 Å². The maximum absolute atomic E-state index is 17.1. The molecule has 2 N–H and O–H groups in total. The van der Waals surface area contributed by atoms with Crippen LogP contribution in [-0.4, -0.2) is 9.79 Å². The van der Waals surface area contributed by atoms with Gasteiger partial charge in [0.1, 0.15) is 0 Å². The first-order chi connectivity index (χ1) is 15.0. The average Bonchev–Trinajstić information content (AvgIpc) is 2.64. The molecule has 2 nitrogen and oxygen atoms in total. The molecular formula is C30H46FO2P. The monoisotopic (exact) mass is 488 g/mol. The number of allylic oxidation sites excluding steroid dienone is 2. The molecule has 0 spiro atoms. The summed E-state index contributed by atoms with van der Waals surface area (Å²) in [5, 5.41) is -0.0244. The fourth-order valence-corrected chi connectivity index (χ4v) is 6.99. The van der Waals surface area contributed by atoms with Crippen molar-refractivity contribution in [2.45, 2.75) is 105 Å². The van der Waals surface area contributed by atoms with Crippen LogP contribution in [0.15, 0.2) is 48.6 Å². The Hall–Kier alpha value is -1.54. The molecule has 2 rings (SSSR count). The molecule has 0 heterocycles. The second-order valence-corrected chi connectivity index (χ2v) is 16.2. The SMILES string of the molecule is CC=CC(C)(C)c1cc(C(C)(C)C)ccc1P(O)(O)(F)c1ccc(C(C)(C)C)cc1C(C)(C)C. The van der Waals surface area contributed by atoms with Gasteiger partial charge < -0.3 is 0 Å². The molecule has 4 heteroatoms. The van der Waals surface area contributed by atoms with Gasteiger partial charge in [-0.2, -0.15) is 0 Å². The maximum atomic E-state index is 17.1. The van der Waals surface area contributed by atoms with Crippen LogP contribution in [0.3, 0.4) is 0 Å². The second kappa shape index (κ2) is 8.54. The van der Waals surface area contributed by atoms with Crippen molar-refractivity contribution in [1.29, 1.82) is 0 Å². The van der Waals surface area contributed by atoms with Crippen molar-refractivity contribution in [2.24, 2.45) is 0 Å². The molecule has 190 valence electrons. The zero-order chi connectivity index (χ0) is 26.6. The van der Waals surface area contributed by atoms with Crippen LogP contribution in [0.25, 0.3) is 0 Å². The summed E-state index contributed by atoms with van der Waals surface area (Å²) in [7, 11) is -6.00. The van der Waals surface area contributed by atoms with Crippen molar-refractivity contribution >= 4 is 18.0 Å². The number of halogens is 1. The summed E-state index contributed by atoms with van der Waals surface area (Å²) in [5.41, 5.74) is 1.88. The van der Waals surface area contributed by atoms with E-state index >= 15 is 4.20 Å². The van der Waals surface area contributed by atoms with Crippen molar-refractivity contribution in [3.8, 4) is 0 Å². The van der Waals surface area contributed by atoms with Crippen LogP contribution < -0.4 is 10.6 Å². The van der Waals surface area contributed by atoms with E-state index in [9.17, 15) is 9.79 Å². The van der Waals surface area contributed by atoms with Crippen molar-refractivity contribution in [3.63, 3.8) is 0 Å². The molecule has 0 fully saturated rings. The van der Waals surface area contributed by atoms with Gasteiger partial charge in [-0.1, -0.05) is 0 Å². The topological polar surface area (TPSA) is 40.5 Å². The third-order valence-electron chi connectivity index (χ3n) is 6.66. The van der Waals surface area contributed by atoms with E-state index in [1.54, 1.807) is 12.1 Å². The van der Waals surface area contributed by atoms with Gasteiger partial charge in [0, 0.05) is 0 Å². The molecular weight excluding hydrogens is 442 g/mol. The number of benzene rings is 2. The Morgan fingerprint density at radius 2 is 1.03 bits per heavy atom. The van der Waals surface area contributed by atoms with Gasteiger partial charge in [0.25, 0.3) is 0 Å². The minimum atomic E-state index is -6.00. The Labute approximate surface area is 207 Å². The van der Waals surface area contributed by atoms with E-state index in [2.05, 4.69) is 41.5 Å². The van der Waals surface area contributed by atoms with Gasteiger partial charge in [0.05, 0.1) is 0 Å². The van der Waals surface area contributed by atoms with Gasteiger partial charge in [-0.25, -0.2) is 0 Å². The number of hydrogen-bond acceptors (Lipinski definition) is 2. The van der Waals surface area contributed by atoms with Gasteiger partial charge in [-0.3, -0.25) is 0 Å². The van der Waals surface area contributed by atoms with E-state index in [4.69, 9.17) is 0 Å². The third-order valence-corrected chi connectivity index (χ3v) is 9.15. The van der Waals surface area contributed by atoms with Crippen LogP contribution in [0.2, 0.25) is 0 Å². The summed E-state index contributed by atoms with van der Waals surface area (Å²) in [6.45, 7) is 24.5. The Kier molecular flexibility index (Phi) is 7.21. The van der Waals surface area contributed by atoms with E-state index in [0.717, 1.165) is 11.1 Å². The van der Waals surface area contributed by atoms with E-state index in [1.807, 2.05) is 78.0 Å². The van der Waals surface area contributed by atoms with Gasteiger partial charge >= 0.3 is 208 Å². The fourth-order valence-electron chi connectivity index (χ4n) is 4.45. The van der Waals surface area contributed by atoms with Crippen LogP contribution >= 0.6 is 7.37 Å². The zero-order valence-electron chi connectivity index (χ0n) is 23.3. The first-order valence-electron chi connectivity index (χ1n) is 12.2. The van der Waals surface area contributed by atoms with Gasteiger partial charge in [-0.15, -0.1) is 0 Å². The van der Waals surface area contributed by atoms with Crippen LogP contribution in [-0.2, 0) is 21.7 Å². The molecule has 0 radical (unpaired) electrons. The Morgan fingerprint density at radius 1 is 0.647 bits per heavy atom. The second-order valence-electron chi connectivity index (χ2n) is 13.4. The average molecular weight is 489 g/mol. The summed E-state index contributed by atoms with van der Waals surface area (Å²) in [6, 6.07) is 10.8. The molecule has 0 saturated heterocycles. The van der Waals surface area contributed by atoms with Crippen molar-refractivity contribution < 1.29 is 14.0 Å². The summed E-state index contributed by atoms with van der Waals surface area (Å²) in [5.74, 6) is 0. The summed E-state index contributed by atoms with van der Waals surface area (Å²) in [4.78, 5) is 23.5. The van der Waals surface area contributed by atoms with Crippen molar-refractivity contribution in [3.05, 3.63) is 70.8 Å². The summed E-state index contributed by atoms with van der Waals surface area (Å²) >= 11 is 0. The van der Waals surface area contributed by atoms with E-state index in [1.165, 1.54) is 0 Å². The first kappa shape index (κ1) is 28.7. The summed E-state index contributed by atoms with van der Waals surface area (Å²) in [6.07, 6.45) is 3.91. The fraction of sp³-hybridized carbons (Fsp3) is 0.533. The molecule has 0 bridgehead atoms. The van der Waals surface area contributed by atoms with Crippen molar-refractivity contribution in [1.82, 2.24) is 0 Å². The molecule has 0 aliphatic carbocycles. The molecule has 2 aromatic carbocycles. The Morgan fingerprint density at radius 3 is 1.38 bits per heavy atom. The summed E-state index contributed by atoms with van der Waals surface area (Å²) < 4.78 is 17.1. The molecule has 0 aromatic heterocycles. The van der Waals surface area contributed by atoms with E-state index in [0.29, 0.717) is 11.1 Å². The third kappa shape index (κ3) is 5.64. The molecule has 2 aromatic rings. The molecule has 0 saturated carbocycles. The molecule has 0 unspecified atom stereocenters. The molecule has 0 aliphatic rings. The van der Waals surface area contributed by atoms with Crippen LogP contribution in [0.4, 0.5) is 4.20 Å².